The predicted molar refractivity (Wildman–Crippen MR) is 142 cm³/mol. The summed E-state index contributed by atoms with van der Waals surface area (Å²) in [6.07, 6.45) is 0.565. The van der Waals surface area contributed by atoms with Gasteiger partial charge in [-0.2, -0.15) is 4.31 Å². The molecule has 1 saturated carbocycles. The fraction of sp³-hybridized carbons (Fsp3) is 0.286. The summed E-state index contributed by atoms with van der Waals surface area (Å²) in [5.74, 6) is -1.46. The minimum absolute atomic E-state index is 0.105. The first-order valence-corrected chi connectivity index (χ1v) is 14.0. The van der Waals surface area contributed by atoms with E-state index < -0.39 is 27.8 Å². The highest BCUT2D eigenvalue weighted by atomic mass is 32.2. The lowest BCUT2D eigenvalue weighted by Gasteiger charge is -2.28. The van der Waals surface area contributed by atoms with Crippen LogP contribution in [0.2, 0.25) is 0 Å². The number of amides is 1. The number of aromatic nitrogens is 1. The SMILES string of the molecule is CCN(C1(C(=O)NCc2ccnc(-c3ccc(OC(F)(F)F)cc3)c2)CC1)S(=O)(=O)CC=Cc1ccc(F)cc1. The van der Waals surface area contributed by atoms with Gasteiger partial charge in [-0.1, -0.05) is 31.2 Å². The van der Waals surface area contributed by atoms with Crippen LogP contribution in [0.15, 0.2) is 72.9 Å². The average molecular weight is 578 g/mol. The van der Waals surface area contributed by atoms with Gasteiger partial charge in [0.15, 0.2) is 0 Å². The minimum Gasteiger partial charge on any atom is -0.406 e. The normalized spacial score (nSPS) is 14.8. The van der Waals surface area contributed by atoms with E-state index in [9.17, 15) is 30.8 Å². The van der Waals surface area contributed by atoms with Crippen LogP contribution in [0.5, 0.6) is 5.75 Å². The molecule has 0 aliphatic heterocycles. The van der Waals surface area contributed by atoms with Crippen molar-refractivity contribution in [3.05, 3.63) is 89.9 Å². The molecule has 0 atom stereocenters. The fourth-order valence-corrected chi connectivity index (χ4v) is 6.07. The molecule has 0 saturated heterocycles. The largest absolute Gasteiger partial charge is 0.573 e. The molecule has 1 heterocycles. The highest BCUT2D eigenvalue weighted by molar-refractivity contribution is 7.89. The lowest BCUT2D eigenvalue weighted by atomic mass is 10.1. The number of pyridine rings is 1. The minimum atomic E-state index is -4.79. The average Bonchev–Trinajstić information content (AvgIpc) is 3.70. The van der Waals surface area contributed by atoms with Crippen molar-refractivity contribution in [2.75, 3.05) is 12.3 Å². The Kier molecular flexibility index (Phi) is 8.59. The molecule has 4 rings (SSSR count). The standard InChI is InChI=1S/C28H27F4N3O4S/c1-2-35(40(37,38)17-3-4-20-5-9-23(29)10-6-20)27(14-15-27)26(36)34-19-21-13-16-33-25(18-21)22-7-11-24(12-8-22)39-28(30,31)32/h3-13,16,18H,2,14-15,17,19H2,1H3,(H,34,36). The Hall–Kier alpha value is -3.77. The van der Waals surface area contributed by atoms with Crippen LogP contribution >= 0.6 is 0 Å². The van der Waals surface area contributed by atoms with Crippen LogP contribution in [0.3, 0.4) is 0 Å². The van der Waals surface area contributed by atoms with Gasteiger partial charge in [0.25, 0.3) is 0 Å². The Labute approximate surface area is 229 Å². The third-order valence-electron chi connectivity index (χ3n) is 6.39. The predicted octanol–water partition coefficient (Wildman–Crippen LogP) is 5.30. The summed E-state index contributed by atoms with van der Waals surface area (Å²) in [6.45, 7) is 1.90. The lowest BCUT2D eigenvalue weighted by Crippen LogP contribution is -2.52. The Morgan fingerprint density at radius 2 is 1.77 bits per heavy atom. The molecule has 0 radical (unpaired) electrons. The second-order valence-electron chi connectivity index (χ2n) is 9.23. The second kappa shape index (κ2) is 11.8. The summed E-state index contributed by atoms with van der Waals surface area (Å²) in [6, 6.07) is 14.3. The van der Waals surface area contributed by atoms with Crippen molar-refractivity contribution < 1.29 is 35.5 Å². The number of benzene rings is 2. The number of alkyl halides is 3. The highest BCUT2D eigenvalue weighted by Crippen LogP contribution is 2.43. The maximum atomic E-state index is 13.2. The molecule has 1 N–H and O–H groups in total. The first kappa shape index (κ1) is 29.2. The third-order valence-corrected chi connectivity index (χ3v) is 8.29. The number of likely N-dealkylation sites (N-methyl/N-ethyl adjacent to an activating group) is 1. The number of sulfonamides is 1. The zero-order chi connectivity index (χ0) is 29.0. The summed E-state index contributed by atoms with van der Waals surface area (Å²) in [7, 11) is -3.81. The van der Waals surface area contributed by atoms with Crippen LogP contribution in [0, 0.1) is 5.82 Å². The molecule has 1 aliphatic carbocycles. The van der Waals surface area contributed by atoms with Crippen molar-refractivity contribution in [1.29, 1.82) is 0 Å². The van der Waals surface area contributed by atoms with Crippen molar-refractivity contribution in [2.24, 2.45) is 0 Å². The number of ether oxygens (including phenoxy) is 1. The molecule has 1 fully saturated rings. The Morgan fingerprint density at radius 3 is 2.38 bits per heavy atom. The van der Waals surface area contributed by atoms with Gasteiger partial charge in [-0.05, 0) is 72.5 Å². The molecule has 12 heteroatoms. The molecule has 3 aromatic rings. The van der Waals surface area contributed by atoms with Crippen molar-refractivity contribution >= 4 is 22.0 Å². The third kappa shape index (κ3) is 7.24. The summed E-state index contributed by atoms with van der Waals surface area (Å²) in [5.41, 5.74) is 1.20. The Morgan fingerprint density at radius 1 is 1.10 bits per heavy atom. The van der Waals surface area contributed by atoms with Crippen LogP contribution in [0.25, 0.3) is 17.3 Å². The van der Waals surface area contributed by atoms with E-state index in [1.807, 2.05) is 0 Å². The number of nitrogens with one attached hydrogen (secondary N) is 1. The van der Waals surface area contributed by atoms with Crippen LogP contribution in [-0.4, -0.2) is 47.8 Å². The molecule has 40 heavy (non-hydrogen) atoms. The second-order valence-corrected chi connectivity index (χ2v) is 11.2. The van der Waals surface area contributed by atoms with E-state index in [1.54, 1.807) is 25.1 Å². The van der Waals surface area contributed by atoms with Gasteiger partial charge < -0.3 is 10.1 Å². The molecule has 2 aromatic carbocycles. The van der Waals surface area contributed by atoms with Crippen LogP contribution in [0.1, 0.15) is 30.9 Å². The van der Waals surface area contributed by atoms with E-state index in [4.69, 9.17) is 0 Å². The Balaban J connectivity index is 1.39. The van der Waals surface area contributed by atoms with Crippen molar-refractivity contribution in [2.45, 2.75) is 38.2 Å². The van der Waals surface area contributed by atoms with E-state index in [0.717, 1.165) is 0 Å². The van der Waals surface area contributed by atoms with E-state index in [2.05, 4.69) is 15.0 Å². The molecule has 1 amide bonds. The number of halogens is 4. The lowest BCUT2D eigenvalue weighted by molar-refractivity contribution is -0.274. The summed E-state index contributed by atoms with van der Waals surface area (Å²) in [5, 5.41) is 2.82. The molecular weight excluding hydrogens is 550 g/mol. The Bertz CT molecular complexity index is 1470. The molecule has 1 aromatic heterocycles. The molecule has 212 valence electrons. The number of hydrogen-bond donors (Lipinski definition) is 1. The van der Waals surface area contributed by atoms with Crippen LogP contribution in [-0.2, 0) is 21.4 Å². The van der Waals surface area contributed by atoms with Gasteiger partial charge in [0.2, 0.25) is 15.9 Å². The molecule has 0 spiro atoms. The number of nitrogens with zero attached hydrogens (tertiary/aromatic N) is 2. The molecule has 0 unspecified atom stereocenters. The molecule has 0 bridgehead atoms. The van der Waals surface area contributed by atoms with Gasteiger partial charge in [-0.25, -0.2) is 12.8 Å². The van der Waals surface area contributed by atoms with Crippen LogP contribution in [0.4, 0.5) is 17.6 Å². The first-order valence-electron chi connectivity index (χ1n) is 12.4. The van der Waals surface area contributed by atoms with Gasteiger partial charge in [-0.3, -0.25) is 9.78 Å². The van der Waals surface area contributed by atoms with Crippen molar-refractivity contribution in [1.82, 2.24) is 14.6 Å². The molecule has 7 nitrogen and oxygen atoms in total. The first-order chi connectivity index (χ1) is 18.9. The summed E-state index contributed by atoms with van der Waals surface area (Å²) >= 11 is 0. The maximum Gasteiger partial charge on any atom is 0.573 e. The van der Waals surface area contributed by atoms with Gasteiger partial charge in [0, 0.05) is 24.8 Å². The number of carbonyl (C=O) groups excluding carboxylic acids is 1. The maximum absolute atomic E-state index is 13.2. The van der Waals surface area contributed by atoms with E-state index in [-0.39, 0.29) is 30.4 Å². The van der Waals surface area contributed by atoms with E-state index >= 15 is 0 Å². The zero-order valence-corrected chi connectivity index (χ0v) is 22.3. The number of rotatable bonds is 11. The monoisotopic (exact) mass is 577 g/mol. The van der Waals surface area contributed by atoms with Gasteiger partial charge in [-0.15, -0.1) is 13.2 Å². The van der Waals surface area contributed by atoms with E-state index in [0.29, 0.717) is 35.2 Å². The highest BCUT2D eigenvalue weighted by Gasteiger charge is 2.57. The van der Waals surface area contributed by atoms with E-state index in [1.165, 1.54) is 65.1 Å². The smallest absolute Gasteiger partial charge is 0.406 e. The summed E-state index contributed by atoms with van der Waals surface area (Å²) in [4.78, 5) is 17.4. The van der Waals surface area contributed by atoms with Crippen molar-refractivity contribution in [3.63, 3.8) is 0 Å². The summed E-state index contributed by atoms with van der Waals surface area (Å²) < 4.78 is 81.7. The van der Waals surface area contributed by atoms with Crippen molar-refractivity contribution in [3.8, 4) is 17.0 Å². The van der Waals surface area contributed by atoms with Gasteiger partial charge in [0.05, 0.1) is 11.4 Å². The topological polar surface area (TPSA) is 88.6 Å². The quantitative estimate of drug-likeness (QED) is 0.313. The van der Waals surface area contributed by atoms with Crippen LogP contribution < -0.4 is 10.1 Å². The molecule has 1 aliphatic rings. The zero-order valence-electron chi connectivity index (χ0n) is 21.5. The van der Waals surface area contributed by atoms with Gasteiger partial charge >= 0.3 is 6.36 Å². The van der Waals surface area contributed by atoms with Gasteiger partial charge in [0.1, 0.15) is 17.1 Å². The number of hydrogen-bond acceptors (Lipinski definition) is 5. The fourth-order valence-electron chi connectivity index (χ4n) is 4.36. The number of carbonyl (C=O) groups is 1. The molecular formula is C28H27F4N3O4S.